The number of nitrogens with zero attached hydrogens (tertiary/aromatic N) is 1. The number of hydrogen-bond donors (Lipinski definition) is 2. The van der Waals surface area contributed by atoms with Gasteiger partial charge in [-0.15, -0.1) is 0 Å². The summed E-state index contributed by atoms with van der Waals surface area (Å²) in [5.74, 6) is 0.301. The molecule has 0 spiro atoms. The van der Waals surface area contributed by atoms with E-state index in [-0.39, 0.29) is 12.1 Å². The Balaban J connectivity index is 2.05. The van der Waals surface area contributed by atoms with Crippen LogP contribution in [0.2, 0.25) is 0 Å². The number of nitrogens with one attached hydrogen (secondary N) is 1. The predicted molar refractivity (Wildman–Crippen MR) is 72.3 cm³/mol. The molecule has 3 heteroatoms. The Kier molecular flexibility index (Phi) is 3.95. The molecule has 2 unspecified atom stereocenters. The molecule has 0 saturated carbocycles. The Morgan fingerprint density at radius 3 is 2.44 bits per heavy atom. The van der Waals surface area contributed by atoms with Crippen molar-refractivity contribution < 1.29 is 5.11 Å². The highest BCUT2D eigenvalue weighted by molar-refractivity contribution is 5.29. The van der Waals surface area contributed by atoms with Gasteiger partial charge < -0.3 is 10.4 Å². The van der Waals surface area contributed by atoms with Crippen LogP contribution in [0, 0.1) is 0 Å². The molecule has 0 amide bonds. The van der Waals surface area contributed by atoms with Crippen molar-refractivity contribution in [1.29, 1.82) is 0 Å². The molecule has 2 rings (SSSR count). The van der Waals surface area contributed by atoms with E-state index in [1.54, 1.807) is 18.3 Å². The summed E-state index contributed by atoms with van der Waals surface area (Å²) in [6.45, 7) is 4.19. The normalized spacial score (nSPS) is 14.1. The van der Waals surface area contributed by atoms with Gasteiger partial charge in [0.05, 0.1) is 0 Å². The highest BCUT2D eigenvalue weighted by Crippen LogP contribution is 2.21. The van der Waals surface area contributed by atoms with Gasteiger partial charge in [0.25, 0.3) is 0 Å². The number of phenolic OH excluding ortho intramolecular Hbond substituents is 1. The minimum atomic E-state index is 0.173. The zero-order chi connectivity index (χ0) is 13.0. The fourth-order valence-electron chi connectivity index (χ4n) is 1.99. The summed E-state index contributed by atoms with van der Waals surface area (Å²) in [4.78, 5) is 4.12. The predicted octanol–water partition coefficient (Wildman–Crippen LogP) is 3.20. The van der Waals surface area contributed by atoms with E-state index >= 15 is 0 Å². The van der Waals surface area contributed by atoms with Crippen molar-refractivity contribution in [3.05, 3.63) is 59.9 Å². The van der Waals surface area contributed by atoms with Crippen LogP contribution in [0.5, 0.6) is 5.75 Å². The van der Waals surface area contributed by atoms with Crippen LogP contribution < -0.4 is 5.32 Å². The van der Waals surface area contributed by atoms with Gasteiger partial charge in [0.2, 0.25) is 0 Å². The Bertz CT molecular complexity index is 499. The van der Waals surface area contributed by atoms with Crippen LogP contribution in [0.3, 0.4) is 0 Å². The Morgan fingerprint density at radius 2 is 1.78 bits per heavy atom. The number of aromatic nitrogens is 1. The molecule has 2 atom stereocenters. The third-order valence-electron chi connectivity index (χ3n) is 3.05. The first-order valence-electron chi connectivity index (χ1n) is 6.11. The van der Waals surface area contributed by atoms with Crippen molar-refractivity contribution in [2.75, 3.05) is 0 Å². The van der Waals surface area contributed by atoms with Gasteiger partial charge in [-0.3, -0.25) is 4.98 Å². The summed E-state index contributed by atoms with van der Waals surface area (Å²) in [6, 6.07) is 11.7. The Labute approximate surface area is 108 Å². The molecule has 94 valence electrons. The lowest BCUT2D eigenvalue weighted by molar-refractivity contribution is 0.466. The van der Waals surface area contributed by atoms with E-state index in [9.17, 15) is 5.11 Å². The molecule has 0 radical (unpaired) electrons. The van der Waals surface area contributed by atoms with E-state index in [0.717, 1.165) is 11.1 Å². The largest absolute Gasteiger partial charge is 0.508 e. The van der Waals surface area contributed by atoms with Crippen LogP contribution in [0.4, 0.5) is 0 Å². The average Bonchev–Trinajstić information content (AvgIpc) is 2.39. The molecular formula is C15H18N2O. The van der Waals surface area contributed by atoms with Crippen molar-refractivity contribution in [3.8, 4) is 5.75 Å². The number of aromatic hydroxyl groups is 1. The molecule has 0 saturated heterocycles. The molecule has 0 bridgehead atoms. The number of rotatable bonds is 4. The fraction of sp³-hybridized carbons (Fsp3) is 0.267. The molecule has 1 aromatic carbocycles. The van der Waals surface area contributed by atoms with Gasteiger partial charge in [0, 0.05) is 24.5 Å². The Morgan fingerprint density at radius 1 is 1.06 bits per heavy atom. The quantitative estimate of drug-likeness (QED) is 0.865. The molecule has 1 heterocycles. The standard InChI is InChI=1S/C15H18N2O/c1-11(13-5-3-7-15(18)9-13)17-12(2)14-6-4-8-16-10-14/h3-12,17-18H,1-2H3. The highest BCUT2D eigenvalue weighted by atomic mass is 16.3. The fourth-order valence-corrected chi connectivity index (χ4v) is 1.99. The van der Waals surface area contributed by atoms with E-state index in [1.165, 1.54) is 0 Å². The molecule has 0 aliphatic heterocycles. The second kappa shape index (κ2) is 5.65. The Hall–Kier alpha value is -1.87. The van der Waals surface area contributed by atoms with Crippen LogP contribution in [0.1, 0.15) is 37.1 Å². The van der Waals surface area contributed by atoms with E-state index in [4.69, 9.17) is 0 Å². The average molecular weight is 242 g/mol. The van der Waals surface area contributed by atoms with Crippen molar-refractivity contribution >= 4 is 0 Å². The topological polar surface area (TPSA) is 45.1 Å². The third-order valence-corrected chi connectivity index (χ3v) is 3.05. The van der Waals surface area contributed by atoms with Crippen LogP contribution >= 0.6 is 0 Å². The van der Waals surface area contributed by atoms with E-state index < -0.39 is 0 Å². The van der Waals surface area contributed by atoms with Crippen molar-refractivity contribution in [1.82, 2.24) is 10.3 Å². The lowest BCUT2D eigenvalue weighted by Gasteiger charge is -2.20. The summed E-state index contributed by atoms with van der Waals surface area (Å²) in [5, 5.41) is 13.0. The minimum Gasteiger partial charge on any atom is -0.508 e. The van der Waals surface area contributed by atoms with Gasteiger partial charge in [0.1, 0.15) is 5.75 Å². The number of hydrogen-bond acceptors (Lipinski definition) is 3. The van der Waals surface area contributed by atoms with E-state index in [1.807, 2.05) is 24.4 Å². The number of pyridine rings is 1. The molecule has 18 heavy (non-hydrogen) atoms. The number of phenols is 1. The maximum absolute atomic E-state index is 9.48. The van der Waals surface area contributed by atoms with Crippen LogP contribution in [0.15, 0.2) is 48.8 Å². The summed E-state index contributed by atoms with van der Waals surface area (Å²) in [5.41, 5.74) is 2.23. The monoisotopic (exact) mass is 242 g/mol. The van der Waals surface area contributed by atoms with Gasteiger partial charge in [-0.05, 0) is 43.2 Å². The second-order valence-electron chi connectivity index (χ2n) is 4.49. The lowest BCUT2D eigenvalue weighted by Crippen LogP contribution is -2.22. The molecule has 0 fully saturated rings. The van der Waals surface area contributed by atoms with Crippen molar-refractivity contribution in [3.63, 3.8) is 0 Å². The third kappa shape index (κ3) is 3.08. The summed E-state index contributed by atoms with van der Waals surface area (Å²) in [6.07, 6.45) is 3.64. The number of benzene rings is 1. The van der Waals surface area contributed by atoms with E-state index in [0.29, 0.717) is 5.75 Å². The first-order valence-corrected chi connectivity index (χ1v) is 6.11. The van der Waals surface area contributed by atoms with Gasteiger partial charge in [-0.2, -0.15) is 0 Å². The molecule has 2 N–H and O–H groups in total. The molecule has 0 aliphatic rings. The van der Waals surface area contributed by atoms with Crippen LogP contribution in [-0.2, 0) is 0 Å². The van der Waals surface area contributed by atoms with Crippen molar-refractivity contribution in [2.24, 2.45) is 0 Å². The minimum absolute atomic E-state index is 0.173. The highest BCUT2D eigenvalue weighted by Gasteiger charge is 2.11. The SMILES string of the molecule is CC(NC(C)c1cccc(O)c1)c1cccnc1. The van der Waals surface area contributed by atoms with Gasteiger partial charge in [-0.1, -0.05) is 18.2 Å². The summed E-state index contributed by atoms with van der Waals surface area (Å²) in [7, 11) is 0. The molecule has 3 nitrogen and oxygen atoms in total. The van der Waals surface area contributed by atoms with E-state index in [2.05, 4.69) is 30.2 Å². The first-order chi connectivity index (χ1) is 8.66. The van der Waals surface area contributed by atoms with Gasteiger partial charge in [0.15, 0.2) is 0 Å². The second-order valence-corrected chi connectivity index (χ2v) is 4.49. The molecule has 2 aromatic rings. The summed E-state index contributed by atoms with van der Waals surface area (Å²) < 4.78 is 0. The molecular weight excluding hydrogens is 224 g/mol. The van der Waals surface area contributed by atoms with Crippen LogP contribution in [0.25, 0.3) is 0 Å². The molecule has 0 aliphatic carbocycles. The van der Waals surface area contributed by atoms with Gasteiger partial charge in [-0.25, -0.2) is 0 Å². The van der Waals surface area contributed by atoms with Gasteiger partial charge >= 0.3 is 0 Å². The smallest absolute Gasteiger partial charge is 0.115 e. The maximum Gasteiger partial charge on any atom is 0.115 e. The lowest BCUT2D eigenvalue weighted by atomic mass is 10.1. The maximum atomic E-state index is 9.48. The molecule has 1 aromatic heterocycles. The first kappa shape index (κ1) is 12.6. The summed E-state index contributed by atoms with van der Waals surface area (Å²) >= 11 is 0. The zero-order valence-corrected chi connectivity index (χ0v) is 10.7. The zero-order valence-electron chi connectivity index (χ0n) is 10.7. The van der Waals surface area contributed by atoms with Crippen LogP contribution in [-0.4, -0.2) is 10.1 Å². The van der Waals surface area contributed by atoms with Crippen molar-refractivity contribution in [2.45, 2.75) is 25.9 Å².